The van der Waals surface area contributed by atoms with Crippen molar-refractivity contribution in [2.75, 3.05) is 6.61 Å². The van der Waals surface area contributed by atoms with Crippen molar-refractivity contribution in [3.8, 4) is 5.88 Å². The topological polar surface area (TPSA) is 22.1 Å². The zero-order chi connectivity index (χ0) is 10.6. The summed E-state index contributed by atoms with van der Waals surface area (Å²) >= 11 is 5.58. The highest BCUT2D eigenvalue weighted by molar-refractivity contribution is 6.17. The van der Waals surface area contributed by atoms with E-state index in [1.165, 1.54) is 6.20 Å². The van der Waals surface area contributed by atoms with Gasteiger partial charge in [-0.05, 0) is 18.6 Å². The van der Waals surface area contributed by atoms with Crippen LogP contribution in [0.15, 0.2) is 12.3 Å². The first-order valence-electron chi connectivity index (χ1n) is 4.06. The van der Waals surface area contributed by atoms with Gasteiger partial charge >= 0.3 is 0 Å². The van der Waals surface area contributed by atoms with Crippen LogP contribution in [-0.2, 0) is 5.88 Å². The molecule has 0 spiro atoms. The van der Waals surface area contributed by atoms with E-state index in [1.54, 1.807) is 13.0 Å². The Labute approximate surface area is 85.9 Å². The van der Waals surface area contributed by atoms with Crippen LogP contribution >= 0.6 is 11.6 Å². The molecule has 0 radical (unpaired) electrons. The van der Waals surface area contributed by atoms with Crippen molar-refractivity contribution in [3.63, 3.8) is 0 Å². The van der Waals surface area contributed by atoms with Crippen molar-refractivity contribution in [2.24, 2.45) is 0 Å². The Morgan fingerprint density at radius 3 is 2.79 bits per heavy atom. The number of hydrogen-bond donors (Lipinski definition) is 0. The summed E-state index contributed by atoms with van der Waals surface area (Å²) in [5.41, 5.74) is 1.55. The van der Waals surface area contributed by atoms with E-state index in [0.29, 0.717) is 11.4 Å². The largest absolute Gasteiger partial charge is 0.471 e. The molecule has 14 heavy (non-hydrogen) atoms. The molecular formula is C9H10ClF2NO. The van der Waals surface area contributed by atoms with Gasteiger partial charge in [0, 0.05) is 17.6 Å². The molecule has 0 saturated carbocycles. The second kappa shape index (κ2) is 5.10. The van der Waals surface area contributed by atoms with Crippen molar-refractivity contribution in [3.05, 3.63) is 23.4 Å². The van der Waals surface area contributed by atoms with Gasteiger partial charge in [0.2, 0.25) is 5.88 Å². The zero-order valence-corrected chi connectivity index (χ0v) is 8.39. The Hall–Kier alpha value is -0.900. The van der Waals surface area contributed by atoms with Gasteiger partial charge < -0.3 is 4.74 Å². The summed E-state index contributed by atoms with van der Waals surface area (Å²) in [7, 11) is 0. The smallest absolute Gasteiger partial charge is 0.272 e. The van der Waals surface area contributed by atoms with Gasteiger partial charge in [-0.15, -0.1) is 11.6 Å². The lowest BCUT2D eigenvalue weighted by Crippen LogP contribution is -2.09. The lowest BCUT2D eigenvalue weighted by atomic mass is 10.2. The van der Waals surface area contributed by atoms with Gasteiger partial charge in [0.1, 0.15) is 0 Å². The standard InChI is InChI=1S/C9H10ClF2NO/c1-6-2-7(3-10)4-13-9(6)14-5-8(11)12/h2,4,8H,3,5H2,1H3. The maximum atomic E-state index is 11.8. The van der Waals surface area contributed by atoms with Crippen LogP contribution in [0.1, 0.15) is 11.1 Å². The van der Waals surface area contributed by atoms with Crippen molar-refractivity contribution in [1.29, 1.82) is 0 Å². The van der Waals surface area contributed by atoms with Crippen LogP contribution in [0, 0.1) is 6.92 Å². The third-order valence-corrected chi connectivity index (χ3v) is 1.90. The maximum Gasteiger partial charge on any atom is 0.272 e. The summed E-state index contributed by atoms with van der Waals surface area (Å²) in [5.74, 6) is 0.586. The van der Waals surface area contributed by atoms with E-state index in [0.717, 1.165) is 5.56 Å². The molecule has 0 atom stereocenters. The Morgan fingerprint density at radius 2 is 2.29 bits per heavy atom. The summed E-state index contributed by atoms with van der Waals surface area (Å²) < 4.78 is 28.4. The average molecular weight is 222 g/mol. The number of alkyl halides is 3. The summed E-state index contributed by atoms with van der Waals surface area (Å²) in [6.07, 6.45) is -0.968. The van der Waals surface area contributed by atoms with E-state index in [-0.39, 0.29) is 5.88 Å². The lowest BCUT2D eigenvalue weighted by molar-refractivity contribution is 0.0792. The summed E-state index contributed by atoms with van der Waals surface area (Å²) in [4.78, 5) is 3.88. The normalized spacial score (nSPS) is 10.6. The molecule has 0 aliphatic carbocycles. The first-order chi connectivity index (χ1) is 6.63. The molecule has 0 fully saturated rings. The number of nitrogens with zero attached hydrogens (tertiary/aromatic N) is 1. The molecule has 5 heteroatoms. The van der Waals surface area contributed by atoms with E-state index < -0.39 is 13.0 Å². The van der Waals surface area contributed by atoms with Crippen LogP contribution in [0.25, 0.3) is 0 Å². The molecule has 0 aromatic carbocycles. The lowest BCUT2D eigenvalue weighted by Gasteiger charge is -2.07. The van der Waals surface area contributed by atoms with Crippen LogP contribution in [0.3, 0.4) is 0 Å². The van der Waals surface area contributed by atoms with Gasteiger partial charge in [0.25, 0.3) is 6.43 Å². The number of ether oxygens (including phenoxy) is 1. The van der Waals surface area contributed by atoms with Gasteiger partial charge in [0.05, 0.1) is 0 Å². The Balaban J connectivity index is 2.69. The predicted molar refractivity (Wildman–Crippen MR) is 50.0 cm³/mol. The highest BCUT2D eigenvalue weighted by Gasteiger charge is 2.07. The van der Waals surface area contributed by atoms with Crippen molar-refractivity contribution in [2.45, 2.75) is 19.2 Å². The second-order valence-electron chi connectivity index (χ2n) is 2.80. The molecule has 0 aliphatic heterocycles. The molecular weight excluding hydrogens is 212 g/mol. The fourth-order valence-electron chi connectivity index (χ4n) is 0.987. The highest BCUT2D eigenvalue weighted by Crippen LogP contribution is 2.16. The molecule has 1 aromatic rings. The minimum absolute atomic E-state index is 0.235. The average Bonchev–Trinajstić information content (AvgIpc) is 2.15. The minimum atomic E-state index is -2.48. The number of rotatable bonds is 4. The summed E-state index contributed by atoms with van der Waals surface area (Å²) in [5, 5.41) is 0. The van der Waals surface area contributed by atoms with Gasteiger partial charge in [-0.2, -0.15) is 0 Å². The number of aromatic nitrogens is 1. The van der Waals surface area contributed by atoms with Gasteiger partial charge in [-0.25, -0.2) is 13.8 Å². The Bertz CT molecular complexity index is 307. The minimum Gasteiger partial charge on any atom is -0.471 e. The molecule has 0 bridgehead atoms. The first kappa shape index (κ1) is 11.2. The molecule has 1 aromatic heterocycles. The van der Waals surface area contributed by atoms with Crippen molar-refractivity contribution < 1.29 is 13.5 Å². The Morgan fingerprint density at radius 1 is 1.57 bits per heavy atom. The molecule has 0 N–H and O–H groups in total. The molecule has 0 saturated heterocycles. The third-order valence-electron chi connectivity index (χ3n) is 1.59. The van der Waals surface area contributed by atoms with Crippen molar-refractivity contribution >= 4 is 11.6 Å². The summed E-state index contributed by atoms with van der Waals surface area (Å²) in [6.45, 7) is 1.11. The number of hydrogen-bond acceptors (Lipinski definition) is 2. The number of pyridine rings is 1. The molecule has 0 unspecified atom stereocenters. The number of halogens is 3. The maximum absolute atomic E-state index is 11.8. The van der Waals surface area contributed by atoms with Crippen LogP contribution < -0.4 is 4.74 Å². The van der Waals surface area contributed by atoms with Gasteiger partial charge in [-0.1, -0.05) is 0 Å². The first-order valence-corrected chi connectivity index (χ1v) is 4.59. The van der Waals surface area contributed by atoms with Crippen LogP contribution in [0.4, 0.5) is 8.78 Å². The highest BCUT2D eigenvalue weighted by atomic mass is 35.5. The fraction of sp³-hybridized carbons (Fsp3) is 0.444. The van der Waals surface area contributed by atoms with Crippen molar-refractivity contribution in [1.82, 2.24) is 4.98 Å². The number of aryl methyl sites for hydroxylation is 1. The van der Waals surface area contributed by atoms with E-state index >= 15 is 0 Å². The van der Waals surface area contributed by atoms with E-state index in [1.807, 2.05) is 0 Å². The molecule has 1 rings (SSSR count). The summed E-state index contributed by atoms with van der Waals surface area (Å²) in [6, 6.07) is 1.76. The monoisotopic (exact) mass is 221 g/mol. The Kier molecular flexibility index (Phi) is 4.07. The van der Waals surface area contributed by atoms with Crippen LogP contribution in [-0.4, -0.2) is 18.0 Å². The fourth-order valence-corrected chi connectivity index (χ4v) is 1.13. The SMILES string of the molecule is Cc1cc(CCl)cnc1OCC(F)F. The van der Waals surface area contributed by atoms with E-state index in [2.05, 4.69) is 4.98 Å². The molecule has 2 nitrogen and oxygen atoms in total. The van der Waals surface area contributed by atoms with E-state index in [4.69, 9.17) is 16.3 Å². The van der Waals surface area contributed by atoms with Gasteiger partial charge in [-0.3, -0.25) is 0 Å². The van der Waals surface area contributed by atoms with Crippen LogP contribution in [0.2, 0.25) is 0 Å². The molecule has 78 valence electrons. The predicted octanol–water partition coefficient (Wildman–Crippen LogP) is 2.77. The van der Waals surface area contributed by atoms with Gasteiger partial charge in [0.15, 0.2) is 6.61 Å². The van der Waals surface area contributed by atoms with Crippen LogP contribution in [0.5, 0.6) is 5.88 Å². The molecule has 1 heterocycles. The van der Waals surface area contributed by atoms with E-state index in [9.17, 15) is 8.78 Å². The zero-order valence-electron chi connectivity index (χ0n) is 7.64. The third kappa shape index (κ3) is 3.10. The quantitative estimate of drug-likeness (QED) is 0.730. The molecule has 0 amide bonds. The molecule has 0 aliphatic rings. The second-order valence-corrected chi connectivity index (χ2v) is 3.07.